The van der Waals surface area contributed by atoms with Crippen molar-refractivity contribution in [2.24, 2.45) is 0 Å². The van der Waals surface area contributed by atoms with Gasteiger partial charge in [-0.15, -0.1) is 0 Å². The number of benzene rings is 1. The van der Waals surface area contributed by atoms with Gasteiger partial charge in [-0.3, -0.25) is 0 Å². The van der Waals surface area contributed by atoms with Gasteiger partial charge >= 0.3 is 6.18 Å². The Hall–Kier alpha value is -0.590. The predicted octanol–water partition coefficient (Wildman–Crippen LogP) is 3.04. The molecular formula is C12H13BrF3NO. The zero-order valence-corrected chi connectivity index (χ0v) is 11.1. The Kier molecular flexibility index (Phi) is 3.71. The van der Waals surface area contributed by atoms with Crippen LogP contribution in [-0.4, -0.2) is 18.2 Å². The molecule has 1 atom stereocenters. The van der Waals surface area contributed by atoms with Crippen LogP contribution in [0, 0.1) is 0 Å². The Balaban J connectivity index is 2.43. The molecule has 0 aromatic heterocycles. The Morgan fingerprint density at radius 2 is 2.06 bits per heavy atom. The molecule has 1 aliphatic heterocycles. The van der Waals surface area contributed by atoms with Gasteiger partial charge in [0.2, 0.25) is 0 Å². The number of hydrogen-bond donors (Lipinski definition) is 2. The first kappa shape index (κ1) is 13.8. The van der Waals surface area contributed by atoms with Crippen molar-refractivity contribution in [1.29, 1.82) is 0 Å². The highest BCUT2D eigenvalue weighted by Crippen LogP contribution is 2.38. The molecule has 18 heavy (non-hydrogen) atoms. The van der Waals surface area contributed by atoms with Gasteiger partial charge in [-0.2, -0.15) is 13.2 Å². The summed E-state index contributed by atoms with van der Waals surface area (Å²) in [4.78, 5) is 0. The van der Waals surface area contributed by atoms with E-state index in [4.69, 9.17) is 0 Å². The first-order valence-electron chi connectivity index (χ1n) is 5.63. The van der Waals surface area contributed by atoms with Crippen molar-refractivity contribution in [2.45, 2.75) is 24.6 Å². The number of β-amino-alcohol motifs (C(OH)–C–C–N with tert-alkyl or cyclic N) is 1. The van der Waals surface area contributed by atoms with E-state index in [1.807, 2.05) is 0 Å². The second kappa shape index (κ2) is 4.83. The molecule has 0 saturated carbocycles. The summed E-state index contributed by atoms with van der Waals surface area (Å²) in [6, 6.07) is 3.37. The highest BCUT2D eigenvalue weighted by molar-refractivity contribution is 9.10. The van der Waals surface area contributed by atoms with Gasteiger partial charge < -0.3 is 10.4 Å². The minimum absolute atomic E-state index is 0.271. The Morgan fingerprint density at radius 1 is 1.33 bits per heavy atom. The second-order valence-corrected chi connectivity index (χ2v) is 5.36. The fraction of sp³-hybridized carbons (Fsp3) is 0.500. The quantitative estimate of drug-likeness (QED) is 0.832. The molecule has 2 nitrogen and oxygen atoms in total. The predicted molar refractivity (Wildman–Crippen MR) is 65.1 cm³/mol. The maximum Gasteiger partial charge on any atom is 0.416 e. The summed E-state index contributed by atoms with van der Waals surface area (Å²) in [5.41, 5.74) is -1.68. The zero-order chi connectivity index (χ0) is 13.4. The van der Waals surface area contributed by atoms with Gasteiger partial charge in [0.1, 0.15) is 5.60 Å². The summed E-state index contributed by atoms with van der Waals surface area (Å²) in [6.07, 6.45) is -3.20. The molecule has 0 bridgehead atoms. The van der Waals surface area contributed by atoms with Crippen LogP contribution in [0.5, 0.6) is 0 Å². The standard InChI is InChI=1S/C12H13BrF3NO/c13-10-3-2-8(12(14,15)16)6-9(10)11(18)4-1-5-17-7-11/h2-3,6,17-18H,1,4-5,7H2. The van der Waals surface area contributed by atoms with Gasteiger partial charge in [-0.1, -0.05) is 15.9 Å². The number of nitrogens with one attached hydrogen (secondary N) is 1. The third-order valence-corrected chi connectivity index (χ3v) is 3.85. The third kappa shape index (κ3) is 2.70. The first-order valence-corrected chi connectivity index (χ1v) is 6.42. The van der Waals surface area contributed by atoms with Gasteiger partial charge in [0.05, 0.1) is 5.56 Å². The van der Waals surface area contributed by atoms with Crippen molar-refractivity contribution >= 4 is 15.9 Å². The first-order chi connectivity index (χ1) is 8.33. The average molecular weight is 324 g/mol. The molecule has 0 aliphatic carbocycles. The summed E-state index contributed by atoms with van der Waals surface area (Å²) in [5, 5.41) is 13.5. The molecule has 0 spiro atoms. The molecular weight excluding hydrogens is 311 g/mol. The topological polar surface area (TPSA) is 32.3 Å². The number of piperidine rings is 1. The van der Waals surface area contributed by atoms with Crippen molar-refractivity contribution < 1.29 is 18.3 Å². The van der Waals surface area contributed by atoms with Crippen LogP contribution >= 0.6 is 15.9 Å². The van der Waals surface area contributed by atoms with E-state index in [2.05, 4.69) is 21.2 Å². The van der Waals surface area contributed by atoms with Crippen molar-refractivity contribution in [3.63, 3.8) is 0 Å². The average Bonchev–Trinajstić information content (AvgIpc) is 2.28. The van der Waals surface area contributed by atoms with Crippen LogP contribution in [0.4, 0.5) is 13.2 Å². The molecule has 2 N–H and O–H groups in total. The summed E-state index contributed by atoms with van der Waals surface area (Å²) in [5.74, 6) is 0. The van der Waals surface area contributed by atoms with E-state index in [9.17, 15) is 18.3 Å². The van der Waals surface area contributed by atoms with E-state index in [0.29, 0.717) is 16.5 Å². The molecule has 1 unspecified atom stereocenters. The zero-order valence-electron chi connectivity index (χ0n) is 9.52. The minimum atomic E-state index is -4.39. The molecule has 1 aromatic rings. The monoisotopic (exact) mass is 323 g/mol. The molecule has 1 heterocycles. The van der Waals surface area contributed by atoms with E-state index >= 15 is 0 Å². The number of halogens is 4. The van der Waals surface area contributed by atoms with Gasteiger partial charge in [0, 0.05) is 11.0 Å². The number of hydrogen-bond acceptors (Lipinski definition) is 2. The number of alkyl halides is 3. The molecule has 1 aliphatic rings. The smallest absolute Gasteiger partial charge is 0.384 e. The minimum Gasteiger partial charge on any atom is -0.384 e. The highest BCUT2D eigenvalue weighted by Gasteiger charge is 2.36. The van der Waals surface area contributed by atoms with Crippen LogP contribution in [-0.2, 0) is 11.8 Å². The normalized spacial score (nSPS) is 25.2. The third-order valence-electron chi connectivity index (χ3n) is 3.16. The maximum atomic E-state index is 12.7. The van der Waals surface area contributed by atoms with E-state index in [0.717, 1.165) is 25.1 Å². The van der Waals surface area contributed by atoms with Crippen LogP contribution in [0.2, 0.25) is 0 Å². The lowest BCUT2D eigenvalue weighted by Gasteiger charge is -2.34. The lowest BCUT2D eigenvalue weighted by atomic mass is 9.86. The summed E-state index contributed by atoms with van der Waals surface area (Å²) >= 11 is 3.21. The molecule has 1 fully saturated rings. The fourth-order valence-corrected chi connectivity index (χ4v) is 2.79. The van der Waals surface area contributed by atoms with Gasteiger partial charge in [0.15, 0.2) is 0 Å². The van der Waals surface area contributed by atoms with Crippen molar-refractivity contribution in [2.75, 3.05) is 13.1 Å². The lowest BCUT2D eigenvalue weighted by Crippen LogP contribution is -2.43. The van der Waals surface area contributed by atoms with E-state index in [1.165, 1.54) is 6.07 Å². The van der Waals surface area contributed by atoms with E-state index < -0.39 is 17.3 Å². The van der Waals surface area contributed by atoms with Crippen molar-refractivity contribution in [3.05, 3.63) is 33.8 Å². The van der Waals surface area contributed by atoms with Crippen LogP contribution < -0.4 is 5.32 Å². The number of aliphatic hydroxyl groups is 1. The van der Waals surface area contributed by atoms with Gasteiger partial charge in [0.25, 0.3) is 0 Å². The van der Waals surface area contributed by atoms with Crippen LogP contribution in [0.25, 0.3) is 0 Å². The fourth-order valence-electron chi connectivity index (χ4n) is 2.18. The molecule has 2 rings (SSSR count). The lowest BCUT2D eigenvalue weighted by molar-refractivity contribution is -0.137. The molecule has 1 saturated heterocycles. The molecule has 0 amide bonds. The Labute approximate surface area is 111 Å². The summed E-state index contributed by atoms with van der Waals surface area (Å²) in [6.45, 7) is 1.05. The highest BCUT2D eigenvalue weighted by atomic mass is 79.9. The largest absolute Gasteiger partial charge is 0.416 e. The molecule has 6 heteroatoms. The molecule has 100 valence electrons. The van der Waals surface area contributed by atoms with E-state index in [-0.39, 0.29) is 6.54 Å². The Bertz CT molecular complexity index is 441. The van der Waals surface area contributed by atoms with Crippen LogP contribution in [0.3, 0.4) is 0 Å². The molecule has 1 aromatic carbocycles. The van der Waals surface area contributed by atoms with Crippen molar-refractivity contribution in [3.8, 4) is 0 Å². The van der Waals surface area contributed by atoms with Gasteiger partial charge in [-0.05, 0) is 43.1 Å². The van der Waals surface area contributed by atoms with E-state index in [1.54, 1.807) is 0 Å². The summed E-state index contributed by atoms with van der Waals surface area (Å²) in [7, 11) is 0. The number of rotatable bonds is 1. The van der Waals surface area contributed by atoms with Crippen molar-refractivity contribution in [1.82, 2.24) is 5.32 Å². The van der Waals surface area contributed by atoms with Crippen LogP contribution in [0.15, 0.2) is 22.7 Å². The molecule has 0 radical (unpaired) electrons. The SMILES string of the molecule is OC1(c2cc(C(F)(F)F)ccc2Br)CCCNC1. The van der Waals surface area contributed by atoms with Crippen LogP contribution in [0.1, 0.15) is 24.0 Å². The van der Waals surface area contributed by atoms with Gasteiger partial charge in [-0.25, -0.2) is 0 Å². The Morgan fingerprint density at radius 3 is 2.61 bits per heavy atom. The maximum absolute atomic E-state index is 12.7. The summed E-state index contributed by atoms with van der Waals surface area (Å²) < 4.78 is 38.5. The second-order valence-electron chi connectivity index (χ2n) is 4.50.